The van der Waals surface area contributed by atoms with Crippen molar-refractivity contribution in [2.24, 2.45) is 11.5 Å². The molecule has 1 unspecified atom stereocenters. The summed E-state index contributed by atoms with van der Waals surface area (Å²) in [6.45, 7) is 2.04. The summed E-state index contributed by atoms with van der Waals surface area (Å²) in [5.74, 6) is 1.59. The largest absolute Gasteiger partial charge is 0.497 e. The lowest BCUT2D eigenvalue weighted by Gasteiger charge is -2.36. The monoisotopic (exact) mass is 300 g/mol. The van der Waals surface area contributed by atoms with Crippen molar-refractivity contribution in [3.63, 3.8) is 0 Å². The molecule has 0 saturated carbocycles. The molecule has 0 heterocycles. The number of rotatable bonds is 6. The van der Waals surface area contributed by atoms with Crippen LogP contribution < -0.4 is 20.9 Å². The third-order valence-electron chi connectivity index (χ3n) is 4.16. The van der Waals surface area contributed by atoms with E-state index in [2.05, 4.69) is 0 Å². The molecule has 0 radical (unpaired) electrons. The van der Waals surface area contributed by atoms with Crippen LogP contribution in [0.25, 0.3) is 0 Å². The fraction of sp³-hybridized carbons (Fsp3) is 0.333. The van der Waals surface area contributed by atoms with Crippen LogP contribution in [0, 0.1) is 0 Å². The molecule has 2 aromatic carbocycles. The minimum absolute atomic E-state index is 0.200. The van der Waals surface area contributed by atoms with Gasteiger partial charge in [-0.2, -0.15) is 0 Å². The predicted octanol–water partition coefficient (Wildman–Crippen LogP) is 2.64. The molecular formula is C18H24N2O2. The molecule has 22 heavy (non-hydrogen) atoms. The Kier molecular flexibility index (Phi) is 5.06. The number of hydrogen-bond donors (Lipinski definition) is 2. The van der Waals surface area contributed by atoms with E-state index in [0.29, 0.717) is 0 Å². The van der Waals surface area contributed by atoms with Gasteiger partial charge >= 0.3 is 0 Å². The van der Waals surface area contributed by atoms with Gasteiger partial charge in [0.2, 0.25) is 0 Å². The van der Waals surface area contributed by atoms with Gasteiger partial charge in [-0.3, -0.25) is 0 Å². The van der Waals surface area contributed by atoms with Crippen molar-refractivity contribution in [2.45, 2.75) is 24.9 Å². The van der Waals surface area contributed by atoms with E-state index in [1.807, 2.05) is 55.5 Å². The molecule has 2 aromatic rings. The van der Waals surface area contributed by atoms with E-state index in [0.717, 1.165) is 29.0 Å². The summed E-state index contributed by atoms with van der Waals surface area (Å²) in [6.07, 6.45) is 0.772. The molecule has 118 valence electrons. The molecule has 0 aliphatic carbocycles. The van der Waals surface area contributed by atoms with Gasteiger partial charge in [-0.05, 0) is 41.8 Å². The smallest absolute Gasteiger partial charge is 0.118 e. The molecule has 1 atom stereocenters. The average molecular weight is 300 g/mol. The van der Waals surface area contributed by atoms with Crippen molar-refractivity contribution < 1.29 is 9.47 Å². The summed E-state index contributed by atoms with van der Waals surface area (Å²) in [5.41, 5.74) is 14.3. The van der Waals surface area contributed by atoms with Crippen LogP contribution in [0.5, 0.6) is 11.5 Å². The fourth-order valence-electron chi connectivity index (χ4n) is 2.65. The highest BCUT2D eigenvalue weighted by atomic mass is 16.5. The summed E-state index contributed by atoms with van der Waals surface area (Å²) >= 11 is 0. The highest BCUT2D eigenvalue weighted by Gasteiger charge is 2.35. The molecule has 0 saturated heterocycles. The van der Waals surface area contributed by atoms with Gasteiger partial charge in [0.05, 0.1) is 19.8 Å². The van der Waals surface area contributed by atoms with E-state index in [9.17, 15) is 0 Å². The van der Waals surface area contributed by atoms with Gasteiger partial charge in [0, 0.05) is 6.04 Å². The lowest BCUT2D eigenvalue weighted by Crippen LogP contribution is -2.53. The highest BCUT2D eigenvalue weighted by molar-refractivity contribution is 5.43. The van der Waals surface area contributed by atoms with Crippen molar-refractivity contribution in [3.8, 4) is 11.5 Å². The zero-order chi connectivity index (χ0) is 16.2. The van der Waals surface area contributed by atoms with Crippen LogP contribution in [0.4, 0.5) is 0 Å². The maximum Gasteiger partial charge on any atom is 0.118 e. The summed E-state index contributed by atoms with van der Waals surface area (Å²) in [6, 6.07) is 15.3. The Morgan fingerprint density at radius 3 is 1.50 bits per heavy atom. The second-order valence-electron chi connectivity index (χ2n) is 5.34. The van der Waals surface area contributed by atoms with Crippen molar-refractivity contribution in [2.75, 3.05) is 14.2 Å². The first-order valence-corrected chi connectivity index (χ1v) is 7.39. The Hall–Kier alpha value is -2.04. The van der Waals surface area contributed by atoms with E-state index in [-0.39, 0.29) is 6.04 Å². The average Bonchev–Trinajstić information content (AvgIpc) is 2.60. The molecule has 4 heteroatoms. The van der Waals surface area contributed by atoms with E-state index in [1.54, 1.807) is 14.2 Å². The lowest BCUT2D eigenvalue weighted by molar-refractivity contribution is 0.400. The first-order valence-electron chi connectivity index (χ1n) is 7.39. The molecule has 0 spiro atoms. The van der Waals surface area contributed by atoms with Crippen LogP contribution in [0.1, 0.15) is 24.5 Å². The quantitative estimate of drug-likeness (QED) is 0.860. The second-order valence-corrected chi connectivity index (χ2v) is 5.34. The minimum Gasteiger partial charge on any atom is -0.497 e. The fourth-order valence-corrected chi connectivity index (χ4v) is 2.65. The number of nitrogens with two attached hydrogens (primary N) is 2. The molecule has 0 amide bonds. The van der Waals surface area contributed by atoms with Crippen molar-refractivity contribution in [3.05, 3.63) is 59.7 Å². The van der Waals surface area contributed by atoms with Gasteiger partial charge in [-0.15, -0.1) is 0 Å². The number of benzene rings is 2. The number of hydrogen-bond acceptors (Lipinski definition) is 4. The SMILES string of the molecule is CCC(N)C(N)(c1ccc(OC)cc1)c1ccc(OC)cc1. The molecule has 0 aliphatic rings. The third-order valence-corrected chi connectivity index (χ3v) is 4.16. The summed E-state index contributed by atoms with van der Waals surface area (Å²) in [4.78, 5) is 0. The van der Waals surface area contributed by atoms with Crippen LogP contribution in [-0.2, 0) is 5.54 Å². The van der Waals surface area contributed by atoms with E-state index >= 15 is 0 Å². The van der Waals surface area contributed by atoms with Gasteiger partial charge in [0.15, 0.2) is 0 Å². The Morgan fingerprint density at radius 2 is 1.23 bits per heavy atom. The van der Waals surface area contributed by atoms with Crippen LogP contribution >= 0.6 is 0 Å². The first-order chi connectivity index (χ1) is 10.6. The number of methoxy groups -OCH3 is 2. The lowest BCUT2D eigenvalue weighted by atomic mass is 9.77. The minimum atomic E-state index is -0.757. The highest BCUT2D eigenvalue weighted by Crippen LogP contribution is 2.33. The normalized spacial score (nSPS) is 12.8. The van der Waals surface area contributed by atoms with Crippen LogP contribution in [-0.4, -0.2) is 20.3 Å². The summed E-state index contributed by atoms with van der Waals surface area (Å²) in [5, 5.41) is 0. The molecule has 4 nitrogen and oxygen atoms in total. The topological polar surface area (TPSA) is 70.5 Å². The van der Waals surface area contributed by atoms with E-state index in [1.165, 1.54) is 0 Å². The maximum atomic E-state index is 6.77. The zero-order valence-corrected chi connectivity index (χ0v) is 13.4. The van der Waals surface area contributed by atoms with Crippen LogP contribution in [0.3, 0.4) is 0 Å². The molecule has 2 rings (SSSR count). The van der Waals surface area contributed by atoms with Crippen LogP contribution in [0.15, 0.2) is 48.5 Å². The van der Waals surface area contributed by atoms with Crippen LogP contribution in [0.2, 0.25) is 0 Å². The van der Waals surface area contributed by atoms with Gasteiger partial charge in [0.25, 0.3) is 0 Å². The Labute approximate surface area is 132 Å². The number of ether oxygens (including phenoxy) is 2. The summed E-state index contributed by atoms with van der Waals surface area (Å²) in [7, 11) is 3.29. The second kappa shape index (κ2) is 6.81. The van der Waals surface area contributed by atoms with Gasteiger partial charge < -0.3 is 20.9 Å². The Balaban J connectivity index is 2.50. The predicted molar refractivity (Wildman–Crippen MR) is 89.2 cm³/mol. The summed E-state index contributed by atoms with van der Waals surface area (Å²) < 4.78 is 10.4. The molecule has 0 fully saturated rings. The van der Waals surface area contributed by atoms with Gasteiger partial charge in [0.1, 0.15) is 11.5 Å². The van der Waals surface area contributed by atoms with Crippen molar-refractivity contribution in [1.82, 2.24) is 0 Å². The molecule has 4 N–H and O–H groups in total. The van der Waals surface area contributed by atoms with Gasteiger partial charge in [-0.1, -0.05) is 31.2 Å². The Bertz CT molecular complexity index is 546. The van der Waals surface area contributed by atoms with Crippen molar-refractivity contribution >= 4 is 0 Å². The van der Waals surface area contributed by atoms with Gasteiger partial charge in [-0.25, -0.2) is 0 Å². The standard InChI is InChI=1S/C18H24N2O2/c1-4-17(19)18(20,13-5-9-15(21-2)10-6-13)14-7-11-16(22-3)12-8-14/h5-12,17H,4,19-20H2,1-3H3. The zero-order valence-electron chi connectivity index (χ0n) is 13.4. The molecule has 0 bridgehead atoms. The molecule has 0 aromatic heterocycles. The van der Waals surface area contributed by atoms with Crippen molar-refractivity contribution in [1.29, 1.82) is 0 Å². The Morgan fingerprint density at radius 1 is 0.864 bits per heavy atom. The van der Waals surface area contributed by atoms with E-state index in [4.69, 9.17) is 20.9 Å². The molecular weight excluding hydrogens is 276 g/mol. The third kappa shape index (κ3) is 2.93. The molecule has 0 aliphatic heterocycles. The first kappa shape index (κ1) is 16.3. The maximum absolute atomic E-state index is 6.77. The van der Waals surface area contributed by atoms with E-state index < -0.39 is 5.54 Å².